The van der Waals surface area contributed by atoms with Gasteiger partial charge < -0.3 is 24.8 Å². The molecule has 4 aromatic carbocycles. The third kappa shape index (κ3) is 9.39. The van der Waals surface area contributed by atoms with Crippen LogP contribution in [0, 0.1) is 41.2 Å². The Morgan fingerprint density at radius 1 is 0.679 bits per heavy atom. The summed E-state index contributed by atoms with van der Waals surface area (Å²) in [5, 5.41) is 0. The predicted molar refractivity (Wildman–Crippen MR) is 213 cm³/mol. The molecule has 4 aromatic rings. The molecule has 0 saturated heterocycles. The zero-order valence-electron chi connectivity index (χ0n) is 32.8. The van der Waals surface area contributed by atoms with E-state index in [9.17, 15) is 0 Å². The molecule has 0 amide bonds. The number of benzene rings is 4. The maximum atomic E-state index is 3.53. The van der Waals surface area contributed by atoms with Crippen LogP contribution < -0.4 is 24.8 Å². The topological polar surface area (TPSA) is 0 Å². The van der Waals surface area contributed by atoms with E-state index in [0.29, 0.717) is 11.3 Å². The van der Waals surface area contributed by atoms with Gasteiger partial charge in [0.2, 0.25) is 0 Å². The molecule has 6 aliphatic rings. The van der Waals surface area contributed by atoms with Crippen molar-refractivity contribution in [1.29, 1.82) is 0 Å². The molecule has 0 aliphatic heterocycles. The number of fused-ring (bicyclic) bond motifs is 3. The third-order valence-corrected chi connectivity index (χ3v) is 13.7. The minimum atomic E-state index is 0. The SMILES string of the molecule is CC(C)(C)c1c[c-]c2c(c1)-c1cc(C(C)(C)C)ccc1C2.CC1[C-]=CC(C23CC4CC(CC(C4)C2)C3)=C1.[Cl-].[Cl-].[Zr+2]=[C](c1ccccc1)c1ccccc1. The van der Waals surface area contributed by atoms with E-state index in [1.54, 1.807) is 24.8 Å². The average molecular weight is 819 g/mol. The molecular formula is C50H56Cl2Zr-2. The molecule has 6 aliphatic carbocycles. The molecular weight excluding hydrogens is 763 g/mol. The van der Waals surface area contributed by atoms with Crippen LogP contribution in [0.25, 0.3) is 11.1 Å². The van der Waals surface area contributed by atoms with E-state index in [1.165, 1.54) is 91.2 Å². The second-order valence-corrected chi connectivity index (χ2v) is 19.6. The van der Waals surface area contributed by atoms with Crippen molar-refractivity contribution in [1.82, 2.24) is 0 Å². The second kappa shape index (κ2) is 16.8. The molecule has 1 atom stereocenters. The summed E-state index contributed by atoms with van der Waals surface area (Å²) in [7, 11) is 0. The van der Waals surface area contributed by atoms with Gasteiger partial charge in [0, 0.05) is 0 Å². The van der Waals surface area contributed by atoms with E-state index in [0.717, 1.165) is 24.2 Å². The standard InChI is InChI=1S/C21H25.C16H21.C13H10.2ClH.Zr/c1-20(2,3)16-9-7-14-11-15-8-10-17(21(4,5)6)13-19(15)18(14)12-16;1-11-2-3-15(4-11)16-8-12-5-13(9-16)7-14(6-12)10-16;1-3-7-12(8-4-1)11-13-9-5-2-6-10-13;;;/h7,9-10,12-13H,11H2,1-6H3;3-4,11-14H,5-10H2,1H3;1-10H;2*1H;/q2*-1;;;;+2/p-2. The molecule has 0 heterocycles. The van der Waals surface area contributed by atoms with Gasteiger partial charge in [-0.3, -0.25) is 6.08 Å². The Bertz CT molecular complexity index is 1800. The van der Waals surface area contributed by atoms with Crippen molar-refractivity contribution in [2.24, 2.45) is 29.1 Å². The van der Waals surface area contributed by atoms with Gasteiger partial charge in [-0.1, -0.05) is 114 Å². The summed E-state index contributed by atoms with van der Waals surface area (Å²) in [5.74, 6) is 3.77. The zero-order chi connectivity index (χ0) is 36.0. The van der Waals surface area contributed by atoms with Crippen molar-refractivity contribution in [2.75, 3.05) is 0 Å². The summed E-state index contributed by atoms with van der Waals surface area (Å²) in [6.07, 6.45) is 18.5. The van der Waals surface area contributed by atoms with Crippen LogP contribution in [-0.2, 0) is 41.5 Å². The van der Waals surface area contributed by atoms with Gasteiger partial charge in [-0.2, -0.15) is 41.0 Å². The summed E-state index contributed by atoms with van der Waals surface area (Å²) in [6, 6.07) is 36.2. The Labute approximate surface area is 348 Å². The van der Waals surface area contributed by atoms with E-state index in [1.807, 2.05) is 0 Å². The Balaban J connectivity index is 0.000000154. The molecule has 4 fully saturated rings. The molecule has 0 aromatic heterocycles. The van der Waals surface area contributed by atoms with Crippen molar-refractivity contribution in [3.8, 4) is 11.1 Å². The van der Waals surface area contributed by atoms with Crippen LogP contribution >= 0.6 is 0 Å². The van der Waals surface area contributed by atoms with Gasteiger partial charge in [0.25, 0.3) is 0 Å². The fourth-order valence-corrected chi connectivity index (χ4v) is 10.6. The van der Waals surface area contributed by atoms with E-state index in [-0.39, 0.29) is 35.6 Å². The van der Waals surface area contributed by atoms with E-state index in [4.69, 9.17) is 0 Å². The normalized spacial score (nSPS) is 24.3. The van der Waals surface area contributed by atoms with Gasteiger partial charge in [-0.05, 0) is 54.4 Å². The number of rotatable bonds is 3. The van der Waals surface area contributed by atoms with Crippen molar-refractivity contribution in [3.05, 3.63) is 154 Å². The summed E-state index contributed by atoms with van der Waals surface area (Å²) in [4.78, 5) is 0. The molecule has 0 nitrogen and oxygen atoms in total. The van der Waals surface area contributed by atoms with E-state index < -0.39 is 0 Å². The summed E-state index contributed by atoms with van der Waals surface area (Å²) < 4.78 is 1.42. The molecule has 4 bridgehead atoms. The summed E-state index contributed by atoms with van der Waals surface area (Å²) in [5.41, 5.74) is 13.7. The Morgan fingerprint density at radius 3 is 1.66 bits per heavy atom. The van der Waals surface area contributed by atoms with Gasteiger partial charge in [-0.15, -0.1) is 5.56 Å². The Kier molecular flexibility index (Phi) is 13.3. The number of hydrogen-bond acceptors (Lipinski definition) is 0. The van der Waals surface area contributed by atoms with Crippen LogP contribution in [0.4, 0.5) is 0 Å². The van der Waals surface area contributed by atoms with Crippen LogP contribution in [0.5, 0.6) is 0 Å². The number of halogens is 2. The monoisotopic (exact) mass is 816 g/mol. The average Bonchev–Trinajstić information content (AvgIpc) is 3.71. The molecule has 0 N–H and O–H groups in total. The molecule has 3 heteroatoms. The van der Waals surface area contributed by atoms with Crippen LogP contribution in [0.3, 0.4) is 0 Å². The predicted octanol–water partition coefficient (Wildman–Crippen LogP) is 6.60. The molecule has 0 spiro atoms. The van der Waals surface area contributed by atoms with Crippen molar-refractivity contribution in [3.63, 3.8) is 0 Å². The summed E-state index contributed by atoms with van der Waals surface area (Å²) >= 11 is 1.46. The molecule has 4 saturated carbocycles. The zero-order valence-corrected chi connectivity index (χ0v) is 36.8. The minimum absolute atomic E-state index is 0. The Morgan fingerprint density at radius 2 is 1.19 bits per heavy atom. The number of allylic oxidation sites excluding steroid dienone is 4. The van der Waals surface area contributed by atoms with Crippen molar-refractivity contribution in [2.45, 2.75) is 104 Å². The van der Waals surface area contributed by atoms with Crippen LogP contribution in [0.15, 0.2) is 109 Å². The molecule has 10 rings (SSSR count). The molecule has 53 heavy (non-hydrogen) atoms. The van der Waals surface area contributed by atoms with Crippen LogP contribution in [0.1, 0.15) is 120 Å². The van der Waals surface area contributed by atoms with Gasteiger partial charge in [0.05, 0.1) is 0 Å². The molecule has 1 unspecified atom stereocenters. The first-order chi connectivity index (χ1) is 24.3. The maximum absolute atomic E-state index is 3.53. The first-order valence-electron chi connectivity index (χ1n) is 19.5. The molecule has 0 radical (unpaired) electrons. The van der Waals surface area contributed by atoms with Crippen LogP contribution in [0.2, 0.25) is 0 Å². The van der Waals surface area contributed by atoms with Crippen molar-refractivity contribution < 1.29 is 49.0 Å². The fraction of sp³-hybridized carbons (Fsp3) is 0.420. The third-order valence-electron chi connectivity index (χ3n) is 12.2. The second-order valence-electron chi connectivity index (χ2n) is 18.4. The van der Waals surface area contributed by atoms with Gasteiger partial charge in [0.15, 0.2) is 0 Å². The fourth-order valence-electron chi connectivity index (χ4n) is 9.74. The van der Waals surface area contributed by atoms with Crippen molar-refractivity contribution >= 4 is 3.21 Å². The van der Waals surface area contributed by atoms with E-state index >= 15 is 0 Å². The van der Waals surface area contributed by atoms with Gasteiger partial charge in [-0.25, -0.2) is 6.08 Å². The Hall–Kier alpha value is -2.31. The quantitative estimate of drug-likeness (QED) is 0.180. The first-order valence-corrected chi connectivity index (χ1v) is 20.7. The molecule has 276 valence electrons. The van der Waals surface area contributed by atoms with Gasteiger partial charge in [0.1, 0.15) is 0 Å². The van der Waals surface area contributed by atoms with Gasteiger partial charge >= 0.3 is 99.2 Å². The first kappa shape index (κ1) is 41.8. The summed E-state index contributed by atoms with van der Waals surface area (Å²) in [6.45, 7) is 15.9. The number of hydrogen-bond donors (Lipinski definition) is 0. The van der Waals surface area contributed by atoms with Crippen LogP contribution in [-0.4, -0.2) is 3.21 Å². The van der Waals surface area contributed by atoms with E-state index in [2.05, 4.69) is 164 Å².